The maximum Gasteiger partial charge on any atom is 0.159 e. The zero-order chi connectivity index (χ0) is 35.4. The fourth-order valence-electron chi connectivity index (χ4n) is 6.70. The maximum absolute atomic E-state index is 4.67. The van der Waals surface area contributed by atoms with Crippen molar-refractivity contribution in [2.24, 2.45) is 0 Å². The average molecular weight is 864 g/mol. The van der Waals surface area contributed by atoms with Gasteiger partial charge in [-0.15, -0.1) is 41.0 Å². The number of fused-ring (bicyclic) bond motifs is 3. The minimum absolute atomic E-state index is 0. The Balaban J connectivity index is 0.000000161. The molecule has 4 aromatic heterocycles. The number of hydrogen-bond acceptors (Lipinski definition) is 5. The summed E-state index contributed by atoms with van der Waals surface area (Å²) in [7, 11) is 0. The molecule has 9 aromatic rings. The predicted molar refractivity (Wildman–Crippen MR) is 211 cm³/mol. The molecule has 0 aliphatic carbocycles. The second-order valence-corrected chi connectivity index (χ2v) is 12.6. The molecule has 0 amide bonds. The molecule has 0 N–H and O–H groups in total. The Morgan fingerprint density at radius 2 is 1.08 bits per heavy atom. The van der Waals surface area contributed by atoms with Gasteiger partial charge in [-0.3, -0.25) is 15.0 Å². The second-order valence-electron chi connectivity index (χ2n) is 12.6. The molecule has 0 aliphatic rings. The molecule has 9 rings (SSSR count). The van der Waals surface area contributed by atoms with Crippen molar-refractivity contribution in [1.29, 1.82) is 0 Å². The Kier molecular flexibility index (Phi) is 10.4. The van der Waals surface area contributed by atoms with Crippen molar-refractivity contribution in [3.63, 3.8) is 0 Å². The van der Waals surface area contributed by atoms with Crippen molar-refractivity contribution in [1.82, 2.24) is 29.7 Å². The van der Waals surface area contributed by atoms with E-state index < -0.39 is 0 Å². The van der Waals surface area contributed by atoms with Gasteiger partial charge in [-0.2, -0.15) is 5.10 Å². The number of aromatic nitrogens is 6. The van der Waals surface area contributed by atoms with Gasteiger partial charge in [0.25, 0.3) is 0 Å². The van der Waals surface area contributed by atoms with E-state index in [-0.39, 0.29) is 20.1 Å². The quantitative estimate of drug-likeness (QED) is 0.127. The molecule has 0 unspecified atom stereocenters. The van der Waals surface area contributed by atoms with Gasteiger partial charge in [0.1, 0.15) is 0 Å². The first-order valence-corrected chi connectivity index (χ1v) is 17.3. The fraction of sp³-hybridized carbons (Fsp3) is 0.0652. The van der Waals surface area contributed by atoms with Gasteiger partial charge >= 0.3 is 0 Å². The monoisotopic (exact) mass is 864 g/mol. The third-order valence-corrected chi connectivity index (χ3v) is 9.23. The molecule has 0 saturated heterocycles. The van der Waals surface area contributed by atoms with Crippen molar-refractivity contribution in [2.45, 2.75) is 20.8 Å². The molecule has 0 atom stereocenters. The average Bonchev–Trinajstić information content (AvgIpc) is 3.63. The van der Waals surface area contributed by atoms with Crippen LogP contribution in [0.2, 0.25) is 0 Å². The van der Waals surface area contributed by atoms with Gasteiger partial charge in [-0.25, -0.2) is 0 Å². The van der Waals surface area contributed by atoms with E-state index in [1.54, 1.807) is 0 Å². The molecular weight excluding hydrogens is 829 g/mol. The summed E-state index contributed by atoms with van der Waals surface area (Å²) in [5.74, 6) is 1.57. The normalized spacial score (nSPS) is 10.8. The molecule has 5 aromatic carbocycles. The summed E-state index contributed by atoms with van der Waals surface area (Å²) in [6, 6.07) is 52.7. The van der Waals surface area contributed by atoms with E-state index in [2.05, 4.69) is 134 Å². The Labute approximate surface area is 322 Å². The molecular formula is C46H35IrN6-. The fourth-order valence-corrected chi connectivity index (χ4v) is 6.70. The van der Waals surface area contributed by atoms with E-state index >= 15 is 0 Å². The van der Waals surface area contributed by atoms with E-state index in [0.29, 0.717) is 0 Å². The largest absolute Gasteiger partial charge is 0.314 e. The minimum Gasteiger partial charge on any atom is -0.314 e. The summed E-state index contributed by atoms with van der Waals surface area (Å²) in [5.41, 5.74) is 12.7. The Morgan fingerprint density at radius 3 is 1.64 bits per heavy atom. The smallest absolute Gasteiger partial charge is 0.159 e. The van der Waals surface area contributed by atoms with E-state index in [1.807, 2.05) is 80.8 Å². The summed E-state index contributed by atoms with van der Waals surface area (Å²) < 4.78 is 2.08. The van der Waals surface area contributed by atoms with Crippen LogP contribution in [0.15, 0.2) is 158 Å². The maximum atomic E-state index is 4.67. The Morgan fingerprint density at radius 1 is 0.509 bits per heavy atom. The van der Waals surface area contributed by atoms with Gasteiger partial charge in [0.05, 0.1) is 28.2 Å². The van der Waals surface area contributed by atoms with E-state index in [1.165, 1.54) is 22.3 Å². The molecule has 259 valence electrons. The van der Waals surface area contributed by atoms with Crippen LogP contribution in [0.1, 0.15) is 17.0 Å². The summed E-state index contributed by atoms with van der Waals surface area (Å²) >= 11 is 0. The SMILES string of the molecule is Cc1ccc(-n2c(-c3[c-]cccc3)nnc2-c2ccccc2C)c(C)n1.[Ir].c1ccc(-c2ccnc3c2ccc2c(-c4ccccc4)ccnc23)cc1. The van der Waals surface area contributed by atoms with E-state index in [9.17, 15) is 0 Å². The van der Waals surface area contributed by atoms with Gasteiger partial charge in [0.15, 0.2) is 5.82 Å². The third kappa shape index (κ3) is 7.05. The van der Waals surface area contributed by atoms with Crippen LogP contribution in [0, 0.1) is 26.8 Å². The molecule has 6 nitrogen and oxygen atoms in total. The van der Waals surface area contributed by atoms with Gasteiger partial charge < -0.3 is 4.57 Å². The van der Waals surface area contributed by atoms with Crippen LogP contribution in [0.3, 0.4) is 0 Å². The minimum atomic E-state index is 0. The van der Waals surface area contributed by atoms with Crippen molar-refractivity contribution >= 4 is 21.8 Å². The zero-order valence-corrected chi connectivity index (χ0v) is 31.9. The van der Waals surface area contributed by atoms with Gasteiger partial charge in [-0.05, 0) is 72.9 Å². The van der Waals surface area contributed by atoms with Crippen LogP contribution in [-0.2, 0) is 20.1 Å². The first-order chi connectivity index (χ1) is 25.6. The molecule has 7 heteroatoms. The molecule has 1 radical (unpaired) electrons. The van der Waals surface area contributed by atoms with Gasteiger partial charge in [0.2, 0.25) is 0 Å². The first kappa shape index (κ1) is 35.3. The van der Waals surface area contributed by atoms with Crippen molar-refractivity contribution in [2.75, 3.05) is 0 Å². The van der Waals surface area contributed by atoms with Crippen LogP contribution < -0.4 is 0 Å². The van der Waals surface area contributed by atoms with E-state index in [4.69, 9.17) is 0 Å². The first-order valence-electron chi connectivity index (χ1n) is 17.3. The number of nitrogens with zero attached hydrogens (tertiary/aromatic N) is 6. The zero-order valence-electron chi connectivity index (χ0n) is 29.5. The molecule has 0 spiro atoms. The van der Waals surface area contributed by atoms with Crippen molar-refractivity contribution in [3.8, 4) is 50.7 Å². The van der Waals surface area contributed by atoms with Crippen LogP contribution in [0.25, 0.3) is 72.5 Å². The predicted octanol–water partition coefficient (Wildman–Crippen LogP) is 10.8. The summed E-state index contributed by atoms with van der Waals surface area (Å²) in [6.07, 6.45) is 3.75. The topological polar surface area (TPSA) is 69.4 Å². The Hall–Kier alpha value is -6.14. The molecule has 53 heavy (non-hydrogen) atoms. The van der Waals surface area contributed by atoms with Gasteiger partial charge in [-0.1, -0.05) is 97.1 Å². The number of benzene rings is 5. The summed E-state index contributed by atoms with van der Waals surface area (Å²) in [6.45, 7) is 6.10. The molecule has 0 fully saturated rings. The number of aryl methyl sites for hydroxylation is 3. The van der Waals surface area contributed by atoms with Crippen LogP contribution in [0.5, 0.6) is 0 Å². The van der Waals surface area contributed by atoms with Crippen molar-refractivity contribution < 1.29 is 20.1 Å². The van der Waals surface area contributed by atoms with Crippen LogP contribution in [-0.4, -0.2) is 29.7 Å². The number of rotatable bonds is 5. The van der Waals surface area contributed by atoms with Crippen LogP contribution >= 0.6 is 0 Å². The third-order valence-electron chi connectivity index (χ3n) is 9.23. The second kappa shape index (κ2) is 15.6. The van der Waals surface area contributed by atoms with E-state index in [0.717, 1.165) is 67.2 Å². The number of pyridine rings is 3. The molecule has 0 saturated carbocycles. The standard InChI is InChI=1S/C24H16N2.C22H19N4.Ir/c1-3-7-17(8-4-1)19-13-15-25-23-21(19)11-12-22-20(14-16-26-24(22)23)18-9-5-2-6-10-18;1-15-9-7-8-12-19(15)22-25-24-21(18-10-5-4-6-11-18)26(22)20-14-13-16(2)23-17(20)3;/h1-16H;4-10,12-14H,1-3H3;/q;-1;. The summed E-state index contributed by atoms with van der Waals surface area (Å²) in [5, 5.41) is 11.3. The number of hydrogen-bond donors (Lipinski definition) is 0. The molecule has 4 heterocycles. The molecule has 0 bridgehead atoms. The van der Waals surface area contributed by atoms with Gasteiger partial charge in [0, 0.05) is 54.5 Å². The van der Waals surface area contributed by atoms with Crippen LogP contribution in [0.4, 0.5) is 0 Å². The Bertz CT molecular complexity index is 2560. The molecule has 0 aliphatic heterocycles. The van der Waals surface area contributed by atoms with Crippen molar-refractivity contribution in [3.05, 3.63) is 181 Å². The summed E-state index contributed by atoms with van der Waals surface area (Å²) in [4.78, 5) is 14.0.